The number of aliphatic carboxylic acids is 1. The molecule has 0 aromatic carbocycles. The molecule has 6 nitrogen and oxygen atoms in total. The molecular weight excluding hydrogens is 248 g/mol. The molecule has 19 heavy (non-hydrogen) atoms. The molecule has 0 aliphatic carbocycles. The molecular formula is C13H24N2O4. The lowest BCUT2D eigenvalue weighted by atomic mass is 10.0. The molecule has 1 amide bonds. The van der Waals surface area contributed by atoms with Crippen LogP contribution >= 0.6 is 0 Å². The molecule has 1 saturated heterocycles. The molecule has 1 aliphatic rings. The maximum atomic E-state index is 12.0. The van der Waals surface area contributed by atoms with E-state index in [1.807, 2.05) is 0 Å². The van der Waals surface area contributed by atoms with E-state index < -0.39 is 11.9 Å². The minimum atomic E-state index is -0.868. The van der Waals surface area contributed by atoms with Crippen molar-refractivity contribution >= 4 is 11.9 Å². The van der Waals surface area contributed by atoms with Gasteiger partial charge < -0.3 is 15.2 Å². The number of rotatable bonds is 7. The van der Waals surface area contributed by atoms with Crippen LogP contribution in [0.1, 0.15) is 26.7 Å². The normalized spacial score (nSPS) is 24.4. The van der Waals surface area contributed by atoms with E-state index in [1.165, 1.54) is 0 Å². The largest absolute Gasteiger partial charge is 0.481 e. The first kappa shape index (κ1) is 15.9. The zero-order valence-electron chi connectivity index (χ0n) is 11.9. The highest BCUT2D eigenvalue weighted by Gasteiger charge is 2.39. The zero-order chi connectivity index (χ0) is 14.4. The average Bonchev–Trinajstić information content (AvgIpc) is 2.86. The number of hydrogen-bond donors (Lipinski definition) is 2. The number of carboxylic acid groups (broad SMARTS) is 1. The highest BCUT2D eigenvalue weighted by atomic mass is 16.5. The fourth-order valence-electron chi connectivity index (χ4n) is 2.19. The van der Waals surface area contributed by atoms with Gasteiger partial charge in [0.05, 0.1) is 25.2 Å². The second kappa shape index (κ2) is 7.45. The van der Waals surface area contributed by atoms with Crippen molar-refractivity contribution in [1.29, 1.82) is 0 Å². The Labute approximate surface area is 114 Å². The highest BCUT2D eigenvalue weighted by Crippen LogP contribution is 2.20. The molecule has 0 bridgehead atoms. The first-order valence-corrected chi connectivity index (χ1v) is 6.79. The van der Waals surface area contributed by atoms with E-state index in [0.29, 0.717) is 13.2 Å². The highest BCUT2D eigenvalue weighted by molar-refractivity contribution is 5.81. The van der Waals surface area contributed by atoms with Gasteiger partial charge in [0.25, 0.3) is 0 Å². The van der Waals surface area contributed by atoms with Gasteiger partial charge in [0.2, 0.25) is 5.91 Å². The summed E-state index contributed by atoms with van der Waals surface area (Å²) in [6.07, 6.45) is 1.98. The van der Waals surface area contributed by atoms with Crippen molar-refractivity contribution in [1.82, 2.24) is 10.2 Å². The first-order valence-electron chi connectivity index (χ1n) is 6.79. The van der Waals surface area contributed by atoms with Crippen LogP contribution in [0.15, 0.2) is 0 Å². The van der Waals surface area contributed by atoms with Gasteiger partial charge in [-0.05, 0) is 20.4 Å². The number of unbranched alkanes of at least 4 members (excludes halogenated alkanes) is 1. The molecule has 3 unspecified atom stereocenters. The number of hydrogen-bond acceptors (Lipinski definition) is 4. The Balaban J connectivity index is 2.53. The SMILES string of the molecule is CCCCNC(=O)C(C)N(C)C1COCC1C(=O)O. The summed E-state index contributed by atoms with van der Waals surface area (Å²) in [5.74, 6) is -1.49. The molecule has 0 radical (unpaired) electrons. The monoisotopic (exact) mass is 272 g/mol. The number of carbonyl (C=O) groups is 2. The van der Waals surface area contributed by atoms with E-state index in [1.54, 1.807) is 18.9 Å². The number of nitrogens with zero attached hydrogens (tertiary/aromatic N) is 1. The van der Waals surface area contributed by atoms with Crippen LogP contribution in [0.5, 0.6) is 0 Å². The van der Waals surface area contributed by atoms with Gasteiger partial charge in [0.1, 0.15) is 0 Å². The van der Waals surface area contributed by atoms with Crippen molar-refractivity contribution in [3.63, 3.8) is 0 Å². The molecule has 0 saturated carbocycles. The molecule has 0 aromatic heterocycles. The molecule has 3 atom stereocenters. The third kappa shape index (κ3) is 4.18. The number of nitrogens with one attached hydrogen (secondary N) is 1. The van der Waals surface area contributed by atoms with Crippen molar-refractivity contribution in [2.75, 3.05) is 26.8 Å². The molecule has 0 spiro atoms. The van der Waals surface area contributed by atoms with Gasteiger partial charge in [-0.15, -0.1) is 0 Å². The molecule has 1 rings (SSSR count). The van der Waals surface area contributed by atoms with E-state index in [-0.39, 0.29) is 24.6 Å². The lowest BCUT2D eigenvalue weighted by molar-refractivity contribution is -0.144. The van der Waals surface area contributed by atoms with Crippen LogP contribution in [-0.4, -0.2) is 60.8 Å². The fourth-order valence-corrected chi connectivity index (χ4v) is 2.19. The molecule has 110 valence electrons. The summed E-state index contributed by atoms with van der Waals surface area (Å²) < 4.78 is 5.23. The molecule has 1 heterocycles. The first-order chi connectivity index (χ1) is 8.99. The third-order valence-corrected chi connectivity index (χ3v) is 3.71. The summed E-state index contributed by atoms with van der Waals surface area (Å²) in [6.45, 7) is 5.10. The van der Waals surface area contributed by atoms with Gasteiger partial charge in [-0.1, -0.05) is 13.3 Å². The van der Waals surface area contributed by atoms with Gasteiger partial charge >= 0.3 is 5.97 Å². The average molecular weight is 272 g/mol. The van der Waals surface area contributed by atoms with Crippen LogP contribution in [-0.2, 0) is 14.3 Å². The Morgan fingerprint density at radius 3 is 2.74 bits per heavy atom. The number of ether oxygens (including phenoxy) is 1. The summed E-state index contributed by atoms with van der Waals surface area (Å²) in [4.78, 5) is 24.9. The lowest BCUT2D eigenvalue weighted by Gasteiger charge is -2.30. The van der Waals surface area contributed by atoms with Gasteiger partial charge in [-0.3, -0.25) is 14.5 Å². The van der Waals surface area contributed by atoms with Crippen LogP contribution in [0.4, 0.5) is 0 Å². The summed E-state index contributed by atoms with van der Waals surface area (Å²) in [5, 5.41) is 12.0. The van der Waals surface area contributed by atoms with Gasteiger partial charge in [0, 0.05) is 12.6 Å². The maximum absolute atomic E-state index is 12.0. The Hall–Kier alpha value is -1.14. The summed E-state index contributed by atoms with van der Waals surface area (Å²) in [6, 6.07) is -0.602. The zero-order valence-corrected chi connectivity index (χ0v) is 11.9. The van der Waals surface area contributed by atoms with E-state index >= 15 is 0 Å². The molecule has 1 fully saturated rings. The standard InChI is InChI=1S/C13H24N2O4/c1-4-5-6-14-12(16)9(2)15(3)11-8-19-7-10(11)13(17)18/h9-11H,4-8H2,1-3H3,(H,14,16)(H,17,18). The second-order valence-corrected chi connectivity index (χ2v) is 5.04. The Kier molecular flexibility index (Phi) is 6.24. The van der Waals surface area contributed by atoms with Crippen LogP contribution in [0.3, 0.4) is 0 Å². The number of carbonyl (C=O) groups excluding carboxylic acids is 1. The Morgan fingerprint density at radius 2 is 2.16 bits per heavy atom. The predicted octanol–water partition coefficient (Wildman–Crippen LogP) is 0.323. The predicted molar refractivity (Wildman–Crippen MR) is 70.9 cm³/mol. The smallest absolute Gasteiger partial charge is 0.310 e. The van der Waals surface area contributed by atoms with Crippen LogP contribution in [0.2, 0.25) is 0 Å². The van der Waals surface area contributed by atoms with Crippen LogP contribution < -0.4 is 5.32 Å². The number of likely N-dealkylation sites (N-methyl/N-ethyl adjacent to an activating group) is 1. The van der Waals surface area contributed by atoms with E-state index in [4.69, 9.17) is 9.84 Å². The van der Waals surface area contributed by atoms with Crippen molar-refractivity contribution in [2.45, 2.75) is 38.8 Å². The maximum Gasteiger partial charge on any atom is 0.310 e. The summed E-state index contributed by atoms with van der Waals surface area (Å²) in [7, 11) is 1.78. The van der Waals surface area contributed by atoms with Crippen LogP contribution in [0, 0.1) is 5.92 Å². The molecule has 6 heteroatoms. The summed E-state index contributed by atoms with van der Waals surface area (Å²) >= 11 is 0. The van der Waals surface area contributed by atoms with Crippen molar-refractivity contribution in [3.05, 3.63) is 0 Å². The Bertz CT molecular complexity index is 322. The Morgan fingerprint density at radius 1 is 1.47 bits per heavy atom. The van der Waals surface area contributed by atoms with Crippen molar-refractivity contribution < 1.29 is 19.4 Å². The van der Waals surface area contributed by atoms with Crippen molar-refractivity contribution in [3.8, 4) is 0 Å². The molecule has 0 aromatic rings. The number of carboxylic acids is 1. The van der Waals surface area contributed by atoms with Gasteiger partial charge in [-0.2, -0.15) is 0 Å². The van der Waals surface area contributed by atoms with Crippen LogP contribution in [0.25, 0.3) is 0 Å². The second-order valence-electron chi connectivity index (χ2n) is 5.04. The van der Waals surface area contributed by atoms with E-state index in [2.05, 4.69) is 12.2 Å². The molecule has 1 aliphatic heterocycles. The van der Waals surface area contributed by atoms with Gasteiger partial charge in [0.15, 0.2) is 0 Å². The molecule has 2 N–H and O–H groups in total. The lowest BCUT2D eigenvalue weighted by Crippen LogP contribution is -2.51. The third-order valence-electron chi connectivity index (χ3n) is 3.71. The van der Waals surface area contributed by atoms with E-state index in [9.17, 15) is 9.59 Å². The topological polar surface area (TPSA) is 78.9 Å². The minimum Gasteiger partial charge on any atom is -0.481 e. The number of amides is 1. The summed E-state index contributed by atoms with van der Waals surface area (Å²) in [5.41, 5.74) is 0. The quantitative estimate of drug-likeness (QED) is 0.653. The fraction of sp³-hybridized carbons (Fsp3) is 0.846. The van der Waals surface area contributed by atoms with Gasteiger partial charge in [-0.25, -0.2) is 0 Å². The minimum absolute atomic E-state index is 0.0630. The van der Waals surface area contributed by atoms with E-state index in [0.717, 1.165) is 12.8 Å². The van der Waals surface area contributed by atoms with Crippen molar-refractivity contribution in [2.24, 2.45) is 5.92 Å².